The van der Waals surface area contributed by atoms with Crippen LogP contribution in [-0.4, -0.2) is 18.9 Å². The van der Waals surface area contributed by atoms with E-state index in [-0.39, 0.29) is 0 Å². The Kier molecular flexibility index (Phi) is 2.05. The summed E-state index contributed by atoms with van der Waals surface area (Å²) in [6.07, 6.45) is 5.29. The molecule has 0 saturated carbocycles. The summed E-state index contributed by atoms with van der Waals surface area (Å²) < 4.78 is 6.40. The van der Waals surface area contributed by atoms with Crippen LogP contribution in [0.5, 0.6) is 0 Å². The Balaban J connectivity index is 2.14. The summed E-state index contributed by atoms with van der Waals surface area (Å²) in [6, 6.07) is 0. The minimum Gasteiger partial charge on any atom is -0.330 e. The van der Waals surface area contributed by atoms with E-state index in [1.807, 2.05) is 10.8 Å². The van der Waals surface area contributed by atoms with Gasteiger partial charge in [-0.15, -0.1) is 0 Å². The summed E-state index contributed by atoms with van der Waals surface area (Å²) in [5.74, 6) is 0.725. The second-order valence-corrected chi connectivity index (χ2v) is 3.53. The average Bonchev–Trinajstić information content (AvgIpc) is 2.63. The number of hydrogen-bond donors (Lipinski definition) is 0. The first-order chi connectivity index (χ1) is 5.84. The van der Waals surface area contributed by atoms with Gasteiger partial charge in [0.25, 0.3) is 0 Å². The summed E-state index contributed by atoms with van der Waals surface area (Å²) in [5.41, 5.74) is 0. The molecule has 0 N–H and O–H groups in total. The monoisotopic (exact) mass is 200 g/mol. The third-order valence-electron chi connectivity index (χ3n) is 1.33. The first kappa shape index (κ1) is 7.70. The summed E-state index contributed by atoms with van der Waals surface area (Å²) in [7, 11) is 0. The maximum Gasteiger partial charge on any atom is 0.203 e. The minimum atomic E-state index is 0.477. The first-order valence-corrected chi connectivity index (χ1v) is 4.43. The van der Waals surface area contributed by atoms with Crippen LogP contribution in [0.2, 0.25) is 4.47 Å². The van der Waals surface area contributed by atoms with Gasteiger partial charge in [0.1, 0.15) is 0 Å². The predicted molar refractivity (Wildman–Crippen MR) is 46.2 cm³/mol. The molecular formula is C6H5ClN4S. The Hall–Kier alpha value is -0.940. The molecule has 2 aromatic rings. The topological polar surface area (TPSA) is 43.6 Å². The smallest absolute Gasteiger partial charge is 0.203 e. The largest absolute Gasteiger partial charge is 0.330 e. The second kappa shape index (κ2) is 3.20. The van der Waals surface area contributed by atoms with Gasteiger partial charge in [0.2, 0.25) is 4.47 Å². The van der Waals surface area contributed by atoms with Crippen molar-refractivity contribution in [2.24, 2.45) is 0 Å². The molecule has 0 unspecified atom stereocenters. The van der Waals surface area contributed by atoms with Crippen LogP contribution in [0.3, 0.4) is 0 Å². The van der Waals surface area contributed by atoms with Crippen LogP contribution in [0.15, 0.2) is 18.7 Å². The van der Waals surface area contributed by atoms with Gasteiger partial charge in [0.15, 0.2) is 5.82 Å². The van der Waals surface area contributed by atoms with Crippen molar-refractivity contribution < 1.29 is 0 Å². The number of rotatable bonds is 2. The van der Waals surface area contributed by atoms with Crippen LogP contribution in [0.4, 0.5) is 0 Å². The van der Waals surface area contributed by atoms with Gasteiger partial charge < -0.3 is 4.57 Å². The van der Waals surface area contributed by atoms with E-state index >= 15 is 0 Å². The van der Waals surface area contributed by atoms with Gasteiger partial charge in [-0.2, -0.15) is 4.37 Å². The first-order valence-electron chi connectivity index (χ1n) is 3.28. The summed E-state index contributed by atoms with van der Waals surface area (Å²) >= 11 is 6.82. The molecule has 0 atom stereocenters. The minimum absolute atomic E-state index is 0.477. The van der Waals surface area contributed by atoms with Gasteiger partial charge in [0.05, 0.1) is 12.9 Å². The molecule has 2 heterocycles. The molecular weight excluding hydrogens is 196 g/mol. The van der Waals surface area contributed by atoms with Crippen LogP contribution in [0.25, 0.3) is 0 Å². The SMILES string of the molecule is Clc1nc(Cn2ccnc2)ns1. The number of hydrogen-bond acceptors (Lipinski definition) is 4. The summed E-state index contributed by atoms with van der Waals surface area (Å²) in [4.78, 5) is 7.91. The van der Waals surface area contributed by atoms with Gasteiger partial charge in [0, 0.05) is 12.4 Å². The van der Waals surface area contributed by atoms with E-state index in [9.17, 15) is 0 Å². The second-order valence-electron chi connectivity index (χ2n) is 2.20. The van der Waals surface area contributed by atoms with Crippen LogP contribution in [0.1, 0.15) is 5.82 Å². The Morgan fingerprint density at radius 3 is 3.08 bits per heavy atom. The van der Waals surface area contributed by atoms with Crippen molar-refractivity contribution in [3.63, 3.8) is 0 Å². The molecule has 4 nitrogen and oxygen atoms in total. The van der Waals surface area contributed by atoms with Crippen molar-refractivity contribution in [1.29, 1.82) is 0 Å². The lowest BCUT2D eigenvalue weighted by molar-refractivity contribution is 0.758. The molecule has 0 bridgehead atoms. The number of imidazole rings is 1. The Bertz CT molecular complexity index is 355. The molecule has 0 fully saturated rings. The molecule has 0 aliphatic heterocycles. The third kappa shape index (κ3) is 1.62. The van der Waals surface area contributed by atoms with Crippen LogP contribution >= 0.6 is 23.1 Å². The molecule has 0 saturated heterocycles. The van der Waals surface area contributed by atoms with Gasteiger partial charge in [-0.25, -0.2) is 9.97 Å². The summed E-state index contributed by atoms with van der Waals surface area (Å²) in [5, 5.41) is 0. The normalized spacial score (nSPS) is 10.4. The van der Waals surface area contributed by atoms with Crippen LogP contribution in [-0.2, 0) is 6.54 Å². The highest BCUT2D eigenvalue weighted by molar-refractivity contribution is 7.10. The van der Waals surface area contributed by atoms with E-state index in [1.165, 1.54) is 11.5 Å². The quantitative estimate of drug-likeness (QED) is 0.737. The maximum atomic E-state index is 5.62. The molecule has 0 radical (unpaired) electrons. The van der Waals surface area contributed by atoms with E-state index < -0.39 is 0 Å². The molecule has 0 amide bonds. The number of nitrogens with zero attached hydrogens (tertiary/aromatic N) is 4. The lowest BCUT2D eigenvalue weighted by Crippen LogP contribution is -1.97. The zero-order valence-corrected chi connectivity index (χ0v) is 7.59. The molecule has 12 heavy (non-hydrogen) atoms. The highest BCUT2D eigenvalue weighted by Gasteiger charge is 2.01. The van der Waals surface area contributed by atoms with Gasteiger partial charge in [-0.05, 0) is 23.1 Å². The lowest BCUT2D eigenvalue weighted by atomic mass is 10.6. The zero-order chi connectivity index (χ0) is 8.39. The molecule has 0 aliphatic carbocycles. The molecule has 6 heteroatoms. The highest BCUT2D eigenvalue weighted by Crippen LogP contribution is 2.11. The number of halogens is 1. The van der Waals surface area contributed by atoms with Gasteiger partial charge >= 0.3 is 0 Å². The van der Waals surface area contributed by atoms with E-state index in [4.69, 9.17) is 11.6 Å². The fraction of sp³-hybridized carbons (Fsp3) is 0.167. The van der Waals surface area contributed by atoms with Crippen molar-refractivity contribution in [2.45, 2.75) is 6.54 Å². The fourth-order valence-corrected chi connectivity index (χ4v) is 1.47. The standard InChI is InChI=1S/C6H5ClN4S/c7-6-9-5(10-12-6)3-11-2-1-8-4-11/h1-2,4H,3H2. The Labute approximate surface area is 78.0 Å². The molecule has 2 aromatic heterocycles. The highest BCUT2D eigenvalue weighted by atomic mass is 35.5. The molecule has 0 aromatic carbocycles. The lowest BCUT2D eigenvalue weighted by Gasteiger charge is -1.94. The van der Waals surface area contributed by atoms with E-state index in [1.54, 1.807) is 12.5 Å². The molecule has 0 aliphatic rings. The van der Waals surface area contributed by atoms with Crippen LogP contribution in [0, 0.1) is 0 Å². The summed E-state index contributed by atoms with van der Waals surface area (Å²) in [6.45, 7) is 0.628. The molecule has 0 spiro atoms. The molecule has 62 valence electrons. The van der Waals surface area contributed by atoms with Crippen molar-refractivity contribution in [2.75, 3.05) is 0 Å². The fourth-order valence-electron chi connectivity index (χ4n) is 0.840. The predicted octanol–water partition coefficient (Wildman–Crippen LogP) is 1.44. The van der Waals surface area contributed by atoms with Gasteiger partial charge in [-0.3, -0.25) is 0 Å². The molecule has 2 rings (SSSR count). The van der Waals surface area contributed by atoms with Crippen molar-refractivity contribution >= 4 is 23.1 Å². The average molecular weight is 201 g/mol. The van der Waals surface area contributed by atoms with E-state index in [2.05, 4.69) is 14.3 Å². The van der Waals surface area contributed by atoms with Gasteiger partial charge in [-0.1, -0.05) is 0 Å². The van der Waals surface area contributed by atoms with Crippen molar-refractivity contribution in [3.8, 4) is 0 Å². The van der Waals surface area contributed by atoms with Crippen LogP contribution < -0.4 is 0 Å². The van der Waals surface area contributed by atoms with E-state index in [0.29, 0.717) is 11.0 Å². The van der Waals surface area contributed by atoms with E-state index in [0.717, 1.165) is 5.82 Å². The third-order valence-corrected chi connectivity index (χ3v) is 2.16. The number of aromatic nitrogens is 4. The van der Waals surface area contributed by atoms with Crippen molar-refractivity contribution in [1.82, 2.24) is 18.9 Å². The Morgan fingerprint density at radius 2 is 2.50 bits per heavy atom. The van der Waals surface area contributed by atoms with Crippen molar-refractivity contribution in [3.05, 3.63) is 29.0 Å². The Morgan fingerprint density at radius 1 is 1.58 bits per heavy atom. The zero-order valence-electron chi connectivity index (χ0n) is 6.01. The maximum absolute atomic E-state index is 5.62.